The zero-order chi connectivity index (χ0) is 27.2. The van der Waals surface area contributed by atoms with E-state index in [0.717, 1.165) is 26.2 Å². The zero-order valence-electron chi connectivity index (χ0n) is 23.8. The Kier molecular flexibility index (Phi) is 6.58. The highest BCUT2D eigenvalue weighted by atomic mass is 15.2. The summed E-state index contributed by atoms with van der Waals surface area (Å²) in [4.78, 5) is 5.30. The molecule has 2 atom stereocenters. The van der Waals surface area contributed by atoms with Crippen LogP contribution in [0.3, 0.4) is 0 Å². The fourth-order valence-electron chi connectivity index (χ4n) is 7.54. The predicted octanol–water partition coefficient (Wildman–Crippen LogP) is 8.04. The Morgan fingerprint density at radius 1 is 0.550 bits per heavy atom. The molecule has 1 fully saturated rings. The lowest BCUT2D eigenvalue weighted by molar-refractivity contribution is 0.217. The van der Waals surface area contributed by atoms with Crippen molar-refractivity contribution >= 4 is 19.0 Å². The monoisotopic (exact) mass is 520 g/mol. The number of fused-ring (bicyclic) bond motifs is 2. The Hall–Kier alpha value is -3.66. The molecular weight excluding hydrogens is 483 g/mol. The van der Waals surface area contributed by atoms with Crippen LogP contribution in [0.2, 0.25) is 0 Å². The van der Waals surface area contributed by atoms with E-state index < -0.39 is 0 Å². The molecule has 2 nitrogen and oxygen atoms in total. The average Bonchev–Trinajstić information content (AvgIpc) is 3.51. The van der Waals surface area contributed by atoms with Crippen molar-refractivity contribution in [2.75, 3.05) is 33.2 Å². The molecule has 0 amide bonds. The van der Waals surface area contributed by atoms with Gasteiger partial charge in [-0.2, -0.15) is 0 Å². The van der Waals surface area contributed by atoms with Crippen LogP contribution in [-0.2, 0) is 0 Å². The van der Waals surface area contributed by atoms with Crippen molar-refractivity contribution in [3.63, 3.8) is 0 Å². The summed E-state index contributed by atoms with van der Waals surface area (Å²) < 4.78 is 0. The summed E-state index contributed by atoms with van der Waals surface area (Å²) in [6.07, 6.45) is 4.97. The summed E-state index contributed by atoms with van der Waals surface area (Å²) in [5.41, 5.74) is 14.1. The van der Waals surface area contributed by atoms with Gasteiger partial charge in [-0.1, -0.05) is 120 Å². The van der Waals surface area contributed by atoms with E-state index in [1.807, 2.05) is 0 Å². The second-order valence-electron chi connectivity index (χ2n) is 11.9. The predicted molar refractivity (Wildman–Crippen MR) is 171 cm³/mol. The zero-order valence-corrected chi connectivity index (χ0v) is 23.8. The normalized spacial score (nSPS) is 20.6. The Morgan fingerprint density at radius 3 is 1.45 bits per heavy atom. The summed E-state index contributed by atoms with van der Waals surface area (Å²) >= 11 is 0. The molecule has 2 aliphatic carbocycles. The van der Waals surface area contributed by atoms with E-state index in [4.69, 9.17) is 0 Å². The lowest BCUT2D eigenvalue weighted by Gasteiger charge is -2.43. The standard InChI is InChI=1S/C37H37BN2/c1-26-24-34-30(28-12-6-4-7-13-28)16-10-18-32(34)36(26)38(40-22-20-39(3)21-23-40)37-27(2)25-35-31(17-11-19-33(35)37)29-14-8-5-9-15-29/h4-19,24-25,36-37H,20-23H2,1-3H3. The molecule has 40 heavy (non-hydrogen) atoms. The molecule has 1 aliphatic heterocycles. The van der Waals surface area contributed by atoms with Crippen molar-refractivity contribution < 1.29 is 0 Å². The van der Waals surface area contributed by atoms with Crippen molar-refractivity contribution in [1.29, 1.82) is 0 Å². The summed E-state index contributed by atoms with van der Waals surface area (Å²) in [5.74, 6) is 0.725. The van der Waals surface area contributed by atoms with E-state index in [-0.39, 0.29) is 0 Å². The molecule has 0 saturated carbocycles. The van der Waals surface area contributed by atoms with Gasteiger partial charge in [0.2, 0.25) is 6.85 Å². The van der Waals surface area contributed by atoms with E-state index in [0.29, 0.717) is 18.5 Å². The maximum atomic E-state index is 2.82. The minimum absolute atomic E-state index is 0.363. The first-order chi connectivity index (χ1) is 19.6. The maximum Gasteiger partial charge on any atom is 0.247 e. The van der Waals surface area contributed by atoms with Gasteiger partial charge in [0.15, 0.2) is 0 Å². The largest absolute Gasteiger partial charge is 0.338 e. The van der Waals surface area contributed by atoms with Crippen LogP contribution in [-0.4, -0.2) is 49.8 Å². The van der Waals surface area contributed by atoms with Crippen LogP contribution in [0, 0.1) is 0 Å². The smallest absolute Gasteiger partial charge is 0.247 e. The lowest BCUT2D eigenvalue weighted by atomic mass is 9.37. The highest BCUT2D eigenvalue weighted by molar-refractivity contribution is 6.62. The third kappa shape index (κ3) is 4.29. The van der Waals surface area contributed by atoms with Gasteiger partial charge in [0.1, 0.15) is 0 Å². The molecule has 0 spiro atoms. The van der Waals surface area contributed by atoms with Gasteiger partial charge in [0, 0.05) is 37.8 Å². The molecule has 3 aliphatic rings. The molecule has 198 valence electrons. The number of likely N-dealkylation sites (N-methyl/N-ethyl adjacent to an activating group) is 1. The third-order valence-corrected chi connectivity index (χ3v) is 9.49. The molecule has 4 aromatic rings. The molecule has 0 aromatic heterocycles. The van der Waals surface area contributed by atoms with E-state index in [2.05, 4.69) is 140 Å². The molecular formula is C37H37BN2. The van der Waals surface area contributed by atoms with Crippen LogP contribution in [0.15, 0.2) is 108 Å². The van der Waals surface area contributed by atoms with E-state index in [1.165, 1.54) is 55.7 Å². The second kappa shape index (κ2) is 10.4. The van der Waals surface area contributed by atoms with Gasteiger partial charge >= 0.3 is 0 Å². The topological polar surface area (TPSA) is 6.48 Å². The Labute approximate surface area is 239 Å². The van der Waals surface area contributed by atoms with Crippen molar-refractivity contribution in [3.05, 3.63) is 130 Å². The van der Waals surface area contributed by atoms with E-state index >= 15 is 0 Å². The van der Waals surface area contributed by atoms with Crippen LogP contribution in [0.25, 0.3) is 34.4 Å². The highest BCUT2D eigenvalue weighted by Gasteiger charge is 2.46. The third-order valence-electron chi connectivity index (χ3n) is 9.49. The summed E-state index contributed by atoms with van der Waals surface area (Å²) in [6.45, 7) is 9.58. The van der Waals surface area contributed by atoms with Gasteiger partial charge in [-0.25, -0.2) is 0 Å². The Bertz CT molecular complexity index is 1490. The van der Waals surface area contributed by atoms with E-state index in [9.17, 15) is 0 Å². The lowest BCUT2D eigenvalue weighted by Crippen LogP contribution is -2.56. The molecule has 1 saturated heterocycles. The Morgan fingerprint density at radius 2 is 1.00 bits per heavy atom. The first kappa shape index (κ1) is 25.3. The summed E-state index contributed by atoms with van der Waals surface area (Å²) in [6, 6.07) is 35.8. The molecule has 2 unspecified atom stereocenters. The number of piperazine rings is 1. The molecule has 3 heteroatoms. The van der Waals surface area contributed by atoms with Crippen LogP contribution >= 0.6 is 0 Å². The molecule has 0 N–H and O–H groups in total. The van der Waals surface area contributed by atoms with Crippen molar-refractivity contribution in [2.24, 2.45) is 0 Å². The van der Waals surface area contributed by atoms with Gasteiger partial charge in [0.25, 0.3) is 0 Å². The SMILES string of the molecule is CC1=Cc2c(-c3ccccc3)cccc2C1B(C1C(C)=Cc2c(-c3ccccc3)cccc21)N1CCN(C)CC1. The Balaban J connectivity index is 1.37. The molecule has 4 aromatic carbocycles. The van der Waals surface area contributed by atoms with Crippen LogP contribution in [0.5, 0.6) is 0 Å². The van der Waals surface area contributed by atoms with Crippen molar-refractivity contribution in [1.82, 2.24) is 9.71 Å². The summed E-state index contributed by atoms with van der Waals surface area (Å²) in [5, 5.41) is 0. The minimum Gasteiger partial charge on any atom is -0.338 e. The van der Waals surface area contributed by atoms with Crippen LogP contribution in [0.1, 0.15) is 47.7 Å². The number of allylic oxidation sites excluding steroid dienone is 2. The maximum absolute atomic E-state index is 2.82. The van der Waals surface area contributed by atoms with Crippen LogP contribution < -0.4 is 0 Å². The van der Waals surface area contributed by atoms with Gasteiger partial charge in [0.05, 0.1) is 0 Å². The first-order valence-corrected chi connectivity index (χ1v) is 14.8. The van der Waals surface area contributed by atoms with Gasteiger partial charge in [-0.3, -0.25) is 0 Å². The molecule has 0 radical (unpaired) electrons. The number of benzene rings is 4. The van der Waals surface area contributed by atoms with E-state index in [1.54, 1.807) is 0 Å². The molecule has 1 heterocycles. The fraction of sp³-hybridized carbons (Fsp3) is 0.243. The first-order valence-electron chi connectivity index (χ1n) is 14.8. The number of rotatable bonds is 5. The molecule has 7 rings (SSSR count). The van der Waals surface area contributed by atoms with Gasteiger partial charge in [-0.15, -0.1) is 0 Å². The number of hydrogen-bond donors (Lipinski definition) is 0. The number of nitrogens with zero attached hydrogens (tertiary/aromatic N) is 2. The quantitative estimate of drug-likeness (QED) is 0.246. The average molecular weight is 521 g/mol. The van der Waals surface area contributed by atoms with Crippen LogP contribution in [0.4, 0.5) is 0 Å². The van der Waals surface area contributed by atoms with Crippen molar-refractivity contribution in [2.45, 2.75) is 25.5 Å². The van der Waals surface area contributed by atoms with Crippen molar-refractivity contribution in [3.8, 4) is 22.3 Å². The summed E-state index contributed by atoms with van der Waals surface area (Å²) in [7, 11) is 2.26. The highest BCUT2D eigenvalue weighted by Crippen LogP contribution is 2.50. The molecule has 0 bridgehead atoms. The fourth-order valence-corrected chi connectivity index (χ4v) is 7.54. The minimum atomic E-state index is 0.363. The van der Waals surface area contributed by atoms with Gasteiger partial charge < -0.3 is 9.71 Å². The number of hydrogen-bond acceptors (Lipinski definition) is 2. The second-order valence-corrected chi connectivity index (χ2v) is 11.9. The van der Waals surface area contributed by atoms with Gasteiger partial charge in [-0.05, 0) is 65.4 Å².